The molecule has 0 amide bonds. The molecule has 110 valence electrons. The zero-order valence-corrected chi connectivity index (χ0v) is 11.8. The molecule has 0 atom stereocenters. The van der Waals surface area contributed by atoms with Crippen LogP contribution in [0.2, 0.25) is 0 Å². The van der Waals surface area contributed by atoms with Crippen molar-refractivity contribution in [3.8, 4) is 28.7 Å². The number of aromatic hydroxyl groups is 1. The maximum Gasteiger partial charge on any atom is 0.383 e. The normalized spacial score (nSPS) is 10.6. The highest BCUT2D eigenvalue weighted by molar-refractivity contribution is 5.64. The molecule has 0 radical (unpaired) electrons. The first-order valence-electron chi connectivity index (χ1n) is 6.60. The van der Waals surface area contributed by atoms with Crippen LogP contribution in [0.3, 0.4) is 0 Å². The zero-order valence-electron chi connectivity index (χ0n) is 11.8. The van der Waals surface area contributed by atoms with Gasteiger partial charge in [-0.05, 0) is 24.3 Å². The molecule has 0 saturated carbocycles. The van der Waals surface area contributed by atoms with E-state index in [4.69, 9.17) is 4.42 Å². The molecule has 1 N–H and O–H groups in total. The van der Waals surface area contributed by atoms with Gasteiger partial charge in [0.15, 0.2) is 0 Å². The summed E-state index contributed by atoms with van der Waals surface area (Å²) in [5.41, 5.74) is 1.93. The van der Waals surface area contributed by atoms with Crippen LogP contribution in [0.15, 0.2) is 59.0 Å². The first-order chi connectivity index (χ1) is 10.6. The lowest BCUT2D eigenvalue weighted by molar-refractivity contribution is -0.652. The van der Waals surface area contributed by atoms with Crippen LogP contribution in [0.5, 0.6) is 5.95 Å². The van der Waals surface area contributed by atoms with Gasteiger partial charge in [0, 0.05) is 12.1 Å². The van der Waals surface area contributed by atoms with Crippen LogP contribution in [0, 0.1) is 10.1 Å². The summed E-state index contributed by atoms with van der Waals surface area (Å²) in [4.78, 5) is 10.2. The molecule has 0 bridgehead atoms. The van der Waals surface area contributed by atoms with E-state index >= 15 is 0 Å². The Bertz CT molecular complexity index is 823. The molecule has 3 aromatic rings. The van der Waals surface area contributed by atoms with Crippen molar-refractivity contribution in [1.29, 1.82) is 0 Å². The maximum absolute atomic E-state index is 10.7. The van der Waals surface area contributed by atoms with E-state index in [-0.39, 0.29) is 11.6 Å². The molecule has 3 rings (SSSR count). The Morgan fingerprint density at radius 3 is 2.27 bits per heavy atom. The summed E-state index contributed by atoms with van der Waals surface area (Å²) in [5, 5.41) is 20.8. The highest BCUT2D eigenvalue weighted by atomic mass is 16.6. The van der Waals surface area contributed by atoms with Gasteiger partial charge in [0.2, 0.25) is 0 Å². The van der Waals surface area contributed by atoms with Crippen molar-refractivity contribution in [3.63, 3.8) is 0 Å². The van der Waals surface area contributed by atoms with Gasteiger partial charge < -0.3 is 9.52 Å². The molecule has 0 saturated heterocycles. The smallest absolute Gasteiger partial charge is 0.383 e. The van der Waals surface area contributed by atoms with Gasteiger partial charge in [0.05, 0.1) is 16.1 Å². The fourth-order valence-corrected chi connectivity index (χ4v) is 2.34. The fraction of sp³-hybridized carbons (Fsp3) is 0.0625. The van der Waals surface area contributed by atoms with Gasteiger partial charge in [-0.1, -0.05) is 18.2 Å². The number of hydrogen-bond acceptors (Lipinski definition) is 4. The third kappa shape index (κ3) is 2.31. The molecular weight excluding hydrogens is 284 g/mol. The van der Waals surface area contributed by atoms with Crippen LogP contribution in [-0.4, -0.2) is 10.0 Å². The van der Waals surface area contributed by atoms with Crippen LogP contribution in [0.1, 0.15) is 0 Å². The third-order valence-electron chi connectivity index (χ3n) is 3.41. The van der Waals surface area contributed by atoms with Crippen molar-refractivity contribution in [1.82, 2.24) is 0 Å². The van der Waals surface area contributed by atoms with E-state index in [1.165, 1.54) is 12.1 Å². The van der Waals surface area contributed by atoms with E-state index in [0.29, 0.717) is 17.1 Å². The summed E-state index contributed by atoms with van der Waals surface area (Å²) in [6.45, 7) is 0. The average molecular weight is 297 g/mol. The predicted octanol–water partition coefficient (Wildman–Crippen LogP) is 3.05. The lowest BCUT2D eigenvalue weighted by Gasteiger charge is -1.96. The van der Waals surface area contributed by atoms with Gasteiger partial charge in [-0.3, -0.25) is 10.1 Å². The number of nitrogens with zero attached hydrogens (tertiary/aromatic N) is 2. The largest absolute Gasteiger partial charge is 0.476 e. The Morgan fingerprint density at radius 1 is 1.05 bits per heavy atom. The molecule has 6 nitrogen and oxygen atoms in total. The van der Waals surface area contributed by atoms with Crippen LogP contribution >= 0.6 is 0 Å². The summed E-state index contributed by atoms with van der Waals surface area (Å²) in [6, 6.07) is 15.3. The van der Waals surface area contributed by atoms with Gasteiger partial charge in [0.1, 0.15) is 7.05 Å². The highest BCUT2D eigenvalue weighted by Crippen LogP contribution is 2.32. The van der Waals surface area contributed by atoms with Gasteiger partial charge in [0.25, 0.3) is 11.4 Å². The maximum atomic E-state index is 10.7. The van der Waals surface area contributed by atoms with Crippen molar-refractivity contribution in [3.05, 3.63) is 64.7 Å². The first-order valence-corrected chi connectivity index (χ1v) is 6.60. The second-order valence-corrected chi connectivity index (χ2v) is 4.79. The van der Waals surface area contributed by atoms with Crippen LogP contribution < -0.4 is 4.57 Å². The second-order valence-electron chi connectivity index (χ2n) is 4.79. The zero-order chi connectivity index (χ0) is 15.7. The number of non-ortho nitro benzene ring substituents is 1. The molecule has 2 aromatic carbocycles. The fourth-order valence-electron chi connectivity index (χ4n) is 2.34. The molecule has 0 unspecified atom stereocenters. The average Bonchev–Trinajstić information content (AvgIpc) is 2.83. The van der Waals surface area contributed by atoms with Crippen molar-refractivity contribution in [2.75, 3.05) is 0 Å². The third-order valence-corrected chi connectivity index (χ3v) is 3.41. The number of nitro benzene ring substituents is 1. The number of aromatic nitrogens is 1. The number of hydrogen-bond donors (Lipinski definition) is 1. The predicted molar refractivity (Wildman–Crippen MR) is 79.1 cm³/mol. The van der Waals surface area contributed by atoms with Crippen LogP contribution in [-0.2, 0) is 7.05 Å². The summed E-state index contributed by atoms with van der Waals surface area (Å²) < 4.78 is 7.16. The van der Waals surface area contributed by atoms with Gasteiger partial charge in [-0.15, -0.1) is 0 Å². The minimum absolute atomic E-state index is 0.00216. The summed E-state index contributed by atoms with van der Waals surface area (Å²) in [7, 11) is 1.77. The van der Waals surface area contributed by atoms with Gasteiger partial charge in [-0.2, -0.15) is 4.57 Å². The molecule has 0 spiro atoms. The van der Waals surface area contributed by atoms with Gasteiger partial charge >= 0.3 is 11.8 Å². The van der Waals surface area contributed by atoms with E-state index in [0.717, 1.165) is 5.56 Å². The van der Waals surface area contributed by atoms with E-state index in [2.05, 4.69) is 0 Å². The van der Waals surface area contributed by atoms with Gasteiger partial charge in [-0.25, -0.2) is 0 Å². The molecule has 1 aromatic heterocycles. The summed E-state index contributed by atoms with van der Waals surface area (Å²) in [5.74, 6) is 0.279. The summed E-state index contributed by atoms with van der Waals surface area (Å²) in [6.07, 6.45) is 0. The number of rotatable bonds is 3. The summed E-state index contributed by atoms with van der Waals surface area (Å²) >= 11 is 0. The lowest BCUT2D eigenvalue weighted by atomic mass is 10.1. The minimum Gasteiger partial charge on any atom is -0.476 e. The highest BCUT2D eigenvalue weighted by Gasteiger charge is 2.28. The Hall–Kier alpha value is -3.15. The van der Waals surface area contributed by atoms with E-state index in [9.17, 15) is 15.2 Å². The molecule has 0 aliphatic carbocycles. The van der Waals surface area contributed by atoms with Crippen LogP contribution in [0.25, 0.3) is 22.7 Å². The number of benzene rings is 2. The molecule has 0 aliphatic heterocycles. The van der Waals surface area contributed by atoms with Crippen molar-refractivity contribution < 1.29 is 19.0 Å². The standard InChI is InChI=1S/C16H12N2O4/c1-17-14(11-7-9-13(10-8-11)18(20)21)16(19)22-15(17)12-5-3-2-4-6-12/h2-10H,1H3/p+1. The first kappa shape index (κ1) is 13.8. The van der Waals surface area contributed by atoms with E-state index in [1.54, 1.807) is 23.7 Å². The second kappa shape index (κ2) is 5.33. The molecular formula is C16H13N2O4+. The Balaban J connectivity index is 2.09. The molecule has 22 heavy (non-hydrogen) atoms. The minimum atomic E-state index is -0.464. The Labute approximate surface area is 126 Å². The molecule has 6 heteroatoms. The monoisotopic (exact) mass is 297 g/mol. The topological polar surface area (TPSA) is 80.4 Å². The van der Waals surface area contributed by atoms with Crippen molar-refractivity contribution in [2.45, 2.75) is 0 Å². The molecule has 1 heterocycles. The molecule has 0 fully saturated rings. The molecule has 0 aliphatic rings. The Kier molecular flexibility index (Phi) is 3.34. The van der Waals surface area contributed by atoms with Crippen LogP contribution in [0.4, 0.5) is 5.69 Å². The van der Waals surface area contributed by atoms with Crippen molar-refractivity contribution in [2.24, 2.45) is 7.05 Å². The number of nitro groups is 1. The number of oxazole rings is 1. The quantitative estimate of drug-likeness (QED) is 0.457. The SMILES string of the molecule is C[n+]1c(-c2ccccc2)oc(O)c1-c1ccc([N+](=O)[O-])cc1. The Morgan fingerprint density at radius 2 is 1.68 bits per heavy atom. The van der Waals surface area contributed by atoms with Crippen molar-refractivity contribution >= 4 is 5.69 Å². The van der Waals surface area contributed by atoms with E-state index in [1.807, 2.05) is 30.3 Å². The lowest BCUT2D eigenvalue weighted by Crippen LogP contribution is -2.30. The van der Waals surface area contributed by atoms with E-state index < -0.39 is 4.92 Å².